The number of hydrogen-bond donors (Lipinski definition) is 0. The van der Waals surface area contributed by atoms with Crippen LogP contribution in [0.1, 0.15) is 129 Å². The van der Waals surface area contributed by atoms with Gasteiger partial charge >= 0.3 is 11.9 Å². The van der Waals surface area contributed by atoms with Gasteiger partial charge in [0.1, 0.15) is 10.1 Å². The van der Waals surface area contributed by atoms with Crippen LogP contribution in [0.2, 0.25) is 0 Å². The molecule has 2 aromatic carbocycles. The molecule has 6 nitrogen and oxygen atoms in total. The lowest BCUT2D eigenvalue weighted by atomic mass is 9.76. The molecule has 0 bridgehead atoms. The van der Waals surface area contributed by atoms with Gasteiger partial charge in [0.05, 0.1) is 12.0 Å². The maximum absolute atomic E-state index is 13.5. The quantitative estimate of drug-likeness (QED) is 0.0347. The van der Waals surface area contributed by atoms with E-state index >= 15 is 0 Å². The highest BCUT2D eigenvalue weighted by Gasteiger charge is 2.39. The van der Waals surface area contributed by atoms with Crippen molar-refractivity contribution >= 4 is 57.3 Å². The molecular weight excluding hydrogens is 671 g/mol. The van der Waals surface area contributed by atoms with Crippen LogP contribution in [0.25, 0.3) is 0 Å². The average Bonchev–Trinajstić information content (AvgIpc) is 3.09. The molecule has 2 rings (SSSR count). The number of esters is 2. The second-order valence-corrected chi connectivity index (χ2v) is 17.7. The Morgan fingerprint density at radius 1 is 0.857 bits per heavy atom. The van der Waals surface area contributed by atoms with Crippen LogP contribution in [0.15, 0.2) is 65.7 Å². The number of nitrogens with zero attached hydrogens (tertiary/aromatic N) is 1. The van der Waals surface area contributed by atoms with Crippen LogP contribution in [0, 0.1) is 5.41 Å². The number of thioether (sulfide) groups is 2. The summed E-state index contributed by atoms with van der Waals surface area (Å²) in [4.78, 5) is 41.4. The number of aliphatic imine (C=N–C) groups is 1. The van der Waals surface area contributed by atoms with Gasteiger partial charge in [-0.3, -0.25) is 4.79 Å². The third-order valence-electron chi connectivity index (χ3n) is 8.62. The lowest BCUT2D eigenvalue weighted by Crippen LogP contribution is -2.36. The summed E-state index contributed by atoms with van der Waals surface area (Å²) in [5.41, 5.74) is 1.01. The van der Waals surface area contributed by atoms with E-state index < -0.39 is 28.2 Å². The number of carbonyl (C=O) groups excluding carboxylic acids is 3. The van der Waals surface area contributed by atoms with Crippen molar-refractivity contribution in [1.29, 1.82) is 0 Å². The summed E-state index contributed by atoms with van der Waals surface area (Å²) in [5, 5.41) is 0. The molecule has 0 heterocycles. The van der Waals surface area contributed by atoms with E-state index in [0.717, 1.165) is 26.8 Å². The molecule has 270 valence electrons. The molecule has 0 aliphatic carbocycles. The fourth-order valence-electron chi connectivity index (χ4n) is 5.78. The molecular formula is C40H57NO5S3. The highest BCUT2D eigenvalue weighted by molar-refractivity contribution is 8.47. The van der Waals surface area contributed by atoms with Gasteiger partial charge < -0.3 is 9.47 Å². The van der Waals surface area contributed by atoms with E-state index in [1.807, 2.05) is 62.4 Å². The molecule has 0 aliphatic heterocycles. The largest absolute Gasteiger partial charge is 0.458 e. The fourth-order valence-corrected chi connectivity index (χ4v) is 9.06. The minimum Gasteiger partial charge on any atom is -0.458 e. The number of hydrogen-bond acceptors (Lipinski definition) is 9. The van der Waals surface area contributed by atoms with Crippen molar-refractivity contribution in [2.75, 3.05) is 12.3 Å². The lowest BCUT2D eigenvalue weighted by Gasteiger charge is -2.35. The van der Waals surface area contributed by atoms with E-state index in [-0.39, 0.29) is 19.1 Å². The van der Waals surface area contributed by atoms with E-state index in [1.165, 1.54) is 64.7 Å². The van der Waals surface area contributed by atoms with E-state index in [2.05, 4.69) is 31.0 Å². The van der Waals surface area contributed by atoms with Crippen LogP contribution >= 0.6 is 35.7 Å². The summed E-state index contributed by atoms with van der Waals surface area (Å²) in [6.07, 6.45) is 14.7. The molecule has 0 saturated carbocycles. The molecule has 0 radical (unpaired) electrons. The van der Waals surface area contributed by atoms with Crippen LogP contribution in [-0.2, 0) is 30.5 Å². The first-order valence-corrected chi connectivity index (χ1v) is 20.1. The molecule has 2 aromatic rings. The van der Waals surface area contributed by atoms with Gasteiger partial charge in [-0.25, -0.2) is 14.6 Å². The smallest absolute Gasteiger partial charge is 0.347 e. The summed E-state index contributed by atoms with van der Waals surface area (Å²) in [6.45, 7) is 9.93. The second kappa shape index (κ2) is 23.9. The third kappa shape index (κ3) is 17.9. The number of ether oxygens (including phenoxy) is 2. The Balaban J connectivity index is 1.98. The minimum absolute atomic E-state index is 0.0711. The Morgan fingerprint density at radius 2 is 1.43 bits per heavy atom. The van der Waals surface area contributed by atoms with Crippen LogP contribution in [0.5, 0.6) is 0 Å². The lowest BCUT2D eigenvalue weighted by molar-refractivity contribution is -0.173. The van der Waals surface area contributed by atoms with E-state index in [4.69, 9.17) is 21.7 Å². The van der Waals surface area contributed by atoms with E-state index in [1.54, 1.807) is 29.6 Å². The molecule has 49 heavy (non-hydrogen) atoms. The number of carbonyl (C=O) groups is 2. The highest BCUT2D eigenvalue weighted by Crippen LogP contribution is 2.44. The molecule has 0 aromatic heterocycles. The van der Waals surface area contributed by atoms with Gasteiger partial charge in [-0.05, 0) is 69.8 Å². The molecule has 0 N–H and O–H groups in total. The van der Waals surface area contributed by atoms with Crippen molar-refractivity contribution in [3.8, 4) is 0 Å². The topological polar surface area (TPSA) is 82.0 Å². The first-order chi connectivity index (χ1) is 23.5. The van der Waals surface area contributed by atoms with Gasteiger partial charge in [-0.15, -0.1) is 11.8 Å². The SMILES string of the molecule is CCCCCCCCCCCCSC(=S)SC(C)(CN=C=O)CC(CC(C)(C)C(=O)OC(C)C(=O)OCc1ccccc1)c1ccccc1. The van der Waals surface area contributed by atoms with Crippen molar-refractivity contribution in [3.05, 3.63) is 71.8 Å². The van der Waals surface area contributed by atoms with Crippen molar-refractivity contribution in [2.45, 2.75) is 135 Å². The third-order valence-corrected chi connectivity index (χ3v) is 11.5. The summed E-state index contributed by atoms with van der Waals surface area (Å²) in [5.74, 6) is -0.159. The normalized spacial score (nSPS) is 13.8. The predicted molar refractivity (Wildman–Crippen MR) is 210 cm³/mol. The van der Waals surface area contributed by atoms with Gasteiger partial charge in [0.25, 0.3) is 0 Å². The van der Waals surface area contributed by atoms with Gasteiger partial charge in [-0.1, -0.05) is 149 Å². The molecule has 0 amide bonds. The summed E-state index contributed by atoms with van der Waals surface area (Å²) in [6, 6.07) is 19.4. The van der Waals surface area contributed by atoms with Crippen molar-refractivity contribution in [3.63, 3.8) is 0 Å². The van der Waals surface area contributed by atoms with Gasteiger partial charge in [-0.2, -0.15) is 0 Å². The molecule has 0 aliphatic rings. The number of rotatable bonds is 24. The number of thiocarbonyl (C=S) groups is 1. The molecule has 0 fully saturated rings. The molecule has 0 spiro atoms. The average molecular weight is 728 g/mol. The zero-order valence-electron chi connectivity index (χ0n) is 30.2. The van der Waals surface area contributed by atoms with Crippen molar-refractivity contribution in [1.82, 2.24) is 0 Å². The second-order valence-electron chi connectivity index (χ2n) is 13.8. The van der Waals surface area contributed by atoms with Gasteiger partial charge in [0.15, 0.2) is 6.10 Å². The number of unbranched alkanes of at least 4 members (excludes halogenated alkanes) is 9. The molecule has 3 atom stereocenters. The predicted octanol–water partition coefficient (Wildman–Crippen LogP) is 11.0. The highest BCUT2D eigenvalue weighted by atomic mass is 32.2. The van der Waals surface area contributed by atoms with Crippen molar-refractivity contribution in [2.24, 2.45) is 10.4 Å². The van der Waals surface area contributed by atoms with Crippen LogP contribution in [-0.4, -0.2) is 44.7 Å². The van der Waals surface area contributed by atoms with Gasteiger partial charge in [0, 0.05) is 4.75 Å². The summed E-state index contributed by atoms with van der Waals surface area (Å²) >= 11 is 9.13. The van der Waals surface area contributed by atoms with Crippen LogP contribution in [0.3, 0.4) is 0 Å². The number of benzene rings is 2. The Bertz CT molecular complexity index is 1300. The van der Waals surface area contributed by atoms with Crippen LogP contribution in [0.4, 0.5) is 0 Å². The van der Waals surface area contributed by atoms with Gasteiger partial charge in [0.2, 0.25) is 6.08 Å². The molecule has 3 unspecified atom stereocenters. The maximum Gasteiger partial charge on any atom is 0.347 e. The zero-order chi connectivity index (χ0) is 36.0. The first kappa shape index (κ1) is 42.7. The monoisotopic (exact) mass is 727 g/mol. The summed E-state index contributed by atoms with van der Waals surface area (Å²) < 4.78 is 11.4. The first-order valence-electron chi connectivity index (χ1n) is 17.9. The standard InChI is InChI=1S/C40H57NO5S3/c1-6-7-8-9-10-11-12-13-14-21-26-48-38(47)49-40(5,30-41-31-42)28-35(34-24-19-16-20-25-34)27-39(3,4)37(44)46-32(2)36(43)45-29-33-22-17-15-18-23-33/h15-20,22-25,32,35H,6-14,21,26-30H2,1-5H3. The zero-order valence-corrected chi connectivity index (χ0v) is 32.7. The molecule has 0 saturated heterocycles. The Kier molecular flexibility index (Phi) is 20.8. The van der Waals surface area contributed by atoms with E-state index in [0.29, 0.717) is 12.8 Å². The number of isocyanates is 1. The fraction of sp³-hybridized carbons (Fsp3) is 0.600. The molecule has 9 heteroatoms. The summed E-state index contributed by atoms with van der Waals surface area (Å²) in [7, 11) is 0. The maximum atomic E-state index is 13.5. The van der Waals surface area contributed by atoms with E-state index in [9.17, 15) is 14.4 Å². The Labute approximate surface area is 309 Å². The Morgan fingerprint density at radius 3 is 2.02 bits per heavy atom. The minimum atomic E-state index is -1.04. The Hall–Kier alpha value is -2.45. The van der Waals surface area contributed by atoms with Crippen LogP contribution < -0.4 is 0 Å². The van der Waals surface area contributed by atoms with Crippen molar-refractivity contribution < 1.29 is 23.9 Å².